The minimum absolute atomic E-state index is 0.118. The van der Waals surface area contributed by atoms with Crippen LogP contribution in [0.25, 0.3) is 0 Å². The van der Waals surface area contributed by atoms with Crippen molar-refractivity contribution in [1.82, 2.24) is 5.64 Å². The highest BCUT2D eigenvalue weighted by atomic mass is 17.0. The van der Waals surface area contributed by atoms with E-state index in [4.69, 9.17) is 14.4 Å². The Morgan fingerprint density at radius 1 is 1.20 bits per heavy atom. The summed E-state index contributed by atoms with van der Waals surface area (Å²) in [5.74, 6) is 0. The van der Waals surface area contributed by atoms with Gasteiger partial charge in [-0.3, -0.25) is 4.84 Å². The van der Waals surface area contributed by atoms with E-state index < -0.39 is 0 Å². The molecule has 1 aliphatic rings. The van der Waals surface area contributed by atoms with Crippen LogP contribution in [0.2, 0.25) is 0 Å². The van der Waals surface area contributed by atoms with E-state index in [0.29, 0.717) is 0 Å². The van der Waals surface area contributed by atoms with Crippen LogP contribution in [0.1, 0.15) is 48.0 Å². The van der Waals surface area contributed by atoms with Gasteiger partial charge in [-0.05, 0) is 25.7 Å². The summed E-state index contributed by atoms with van der Waals surface area (Å²) in [5.41, 5.74) is 2.42. The number of nitrogens with one attached hydrogen (secondary N) is 1. The van der Waals surface area contributed by atoms with Crippen LogP contribution in [0.3, 0.4) is 0 Å². The van der Waals surface area contributed by atoms with Gasteiger partial charge in [-0.15, -0.1) is 0 Å². The number of hydrogen-bond donors (Lipinski definition) is 1. The predicted molar refractivity (Wildman–Crippen MR) is 57.8 cm³/mol. The quantitative estimate of drug-likeness (QED) is 0.567. The van der Waals surface area contributed by atoms with Crippen molar-refractivity contribution in [2.24, 2.45) is 5.41 Å². The third kappa shape index (κ3) is 4.07. The molecule has 1 fully saturated rings. The van der Waals surface area contributed by atoms with Crippen LogP contribution in [0.5, 0.6) is 0 Å². The minimum atomic E-state index is -0.216. The topological polar surface area (TPSA) is 43.0 Å². The molecule has 2 atom stereocenters. The van der Waals surface area contributed by atoms with Crippen molar-refractivity contribution in [3.63, 3.8) is 0 Å². The first-order valence-corrected chi connectivity index (χ1v) is 5.50. The maximum atomic E-state index is 5.37. The molecule has 1 N–H and O–H groups in total. The van der Waals surface area contributed by atoms with Gasteiger partial charge in [0.1, 0.15) is 6.10 Å². The fraction of sp³-hybridized carbons (Fsp3) is 1.00. The molecule has 0 aromatic heterocycles. The fourth-order valence-corrected chi connectivity index (χ4v) is 1.06. The minimum Gasteiger partial charge on any atom is -0.339 e. The van der Waals surface area contributed by atoms with Crippen LogP contribution in [0, 0.1) is 5.41 Å². The first-order chi connectivity index (χ1) is 6.76. The summed E-state index contributed by atoms with van der Waals surface area (Å²) in [4.78, 5) is 10.6. The van der Waals surface area contributed by atoms with Gasteiger partial charge in [-0.2, -0.15) is 0 Å². The third-order valence-corrected chi connectivity index (χ3v) is 2.64. The van der Waals surface area contributed by atoms with Crippen LogP contribution in [0.4, 0.5) is 0 Å². The Bertz CT molecular complexity index is 210. The Morgan fingerprint density at radius 3 is 2.20 bits per heavy atom. The van der Waals surface area contributed by atoms with E-state index in [2.05, 4.69) is 33.3 Å². The maximum absolute atomic E-state index is 5.37. The largest absolute Gasteiger partial charge is 0.339 e. The molecular weight excluding hydrogens is 194 g/mol. The Labute approximate surface area is 92.2 Å². The number of hydrogen-bond acceptors (Lipinski definition) is 4. The fourth-order valence-electron chi connectivity index (χ4n) is 1.06. The van der Waals surface area contributed by atoms with Gasteiger partial charge in [0.25, 0.3) is 0 Å². The molecule has 1 aliphatic heterocycles. The van der Waals surface area contributed by atoms with E-state index in [1.165, 1.54) is 0 Å². The third-order valence-electron chi connectivity index (χ3n) is 2.64. The summed E-state index contributed by atoms with van der Waals surface area (Å²) >= 11 is 0. The van der Waals surface area contributed by atoms with Crippen LogP contribution < -0.4 is 5.64 Å². The molecule has 1 heterocycles. The van der Waals surface area contributed by atoms with Crippen molar-refractivity contribution >= 4 is 0 Å². The number of rotatable bonds is 5. The molecule has 0 aromatic rings. The average molecular weight is 217 g/mol. The highest BCUT2D eigenvalue weighted by Crippen LogP contribution is 2.38. The second-order valence-corrected chi connectivity index (χ2v) is 5.71. The summed E-state index contributed by atoms with van der Waals surface area (Å²) in [6.45, 7) is 12.4. The van der Waals surface area contributed by atoms with Crippen molar-refractivity contribution in [3.05, 3.63) is 0 Å². The summed E-state index contributed by atoms with van der Waals surface area (Å²) in [7, 11) is 0. The average Bonchev–Trinajstić information content (AvgIpc) is 2.83. The van der Waals surface area contributed by atoms with Crippen molar-refractivity contribution in [2.45, 2.75) is 66.0 Å². The SMILES string of the molecule is CCC(C)(C)ONOC1OC1C(C)(C)C. The Hall–Kier alpha value is -0.160. The second-order valence-electron chi connectivity index (χ2n) is 5.71. The molecule has 4 heteroatoms. The first kappa shape index (κ1) is 12.9. The Kier molecular flexibility index (Phi) is 3.76. The van der Waals surface area contributed by atoms with E-state index >= 15 is 0 Å². The normalized spacial score (nSPS) is 26.8. The highest BCUT2D eigenvalue weighted by Gasteiger charge is 2.49. The van der Waals surface area contributed by atoms with Crippen molar-refractivity contribution < 1.29 is 14.4 Å². The van der Waals surface area contributed by atoms with Gasteiger partial charge in [-0.1, -0.05) is 33.3 Å². The molecule has 2 unspecified atom stereocenters. The van der Waals surface area contributed by atoms with Gasteiger partial charge < -0.3 is 4.74 Å². The predicted octanol–water partition coefficient (Wildman–Crippen LogP) is 2.40. The van der Waals surface area contributed by atoms with Gasteiger partial charge >= 0.3 is 0 Å². The lowest BCUT2D eigenvalue weighted by Gasteiger charge is -2.22. The molecule has 0 aliphatic carbocycles. The van der Waals surface area contributed by atoms with E-state index in [9.17, 15) is 0 Å². The monoisotopic (exact) mass is 217 g/mol. The first-order valence-electron chi connectivity index (χ1n) is 5.50. The summed E-state index contributed by atoms with van der Waals surface area (Å²) in [6, 6.07) is 0. The van der Waals surface area contributed by atoms with Gasteiger partial charge in [0, 0.05) is 0 Å². The molecule has 0 spiro atoms. The van der Waals surface area contributed by atoms with Gasteiger partial charge in [-0.25, -0.2) is 4.84 Å². The lowest BCUT2D eigenvalue weighted by Crippen LogP contribution is -2.33. The van der Waals surface area contributed by atoms with Crippen LogP contribution in [-0.4, -0.2) is 18.0 Å². The van der Waals surface area contributed by atoms with Crippen LogP contribution in [0.15, 0.2) is 0 Å². The van der Waals surface area contributed by atoms with Gasteiger partial charge in [0.15, 0.2) is 0 Å². The highest BCUT2D eigenvalue weighted by molar-refractivity contribution is 4.87. The molecule has 0 amide bonds. The number of epoxide rings is 1. The van der Waals surface area contributed by atoms with E-state index in [1.54, 1.807) is 0 Å². The van der Waals surface area contributed by atoms with E-state index in [0.717, 1.165) is 6.42 Å². The van der Waals surface area contributed by atoms with Crippen LogP contribution in [-0.2, 0) is 14.4 Å². The van der Waals surface area contributed by atoms with Crippen molar-refractivity contribution in [2.75, 3.05) is 0 Å². The smallest absolute Gasteiger partial charge is 0.207 e. The molecule has 1 rings (SSSR count). The second kappa shape index (κ2) is 4.37. The zero-order valence-electron chi connectivity index (χ0n) is 10.6. The molecular formula is C11H23NO3. The molecule has 15 heavy (non-hydrogen) atoms. The standard InChI is InChI=1S/C11H23NO3/c1-7-11(5,6)15-12-14-9-8(13-9)10(2,3)4/h8-9,12H,7H2,1-6H3. The molecule has 0 radical (unpaired) electrons. The van der Waals surface area contributed by atoms with Crippen molar-refractivity contribution in [1.29, 1.82) is 0 Å². The molecule has 90 valence electrons. The maximum Gasteiger partial charge on any atom is 0.207 e. The number of ether oxygens (including phenoxy) is 1. The lowest BCUT2D eigenvalue weighted by atomic mass is 9.92. The summed E-state index contributed by atoms with van der Waals surface area (Å²) in [5, 5.41) is 0. The van der Waals surface area contributed by atoms with E-state index in [-0.39, 0.29) is 23.4 Å². The Balaban J connectivity index is 2.14. The summed E-state index contributed by atoms with van der Waals surface area (Å²) in [6.07, 6.45) is 0.883. The van der Waals surface area contributed by atoms with Gasteiger partial charge in [0.05, 0.1) is 5.60 Å². The van der Waals surface area contributed by atoms with Crippen LogP contribution >= 0.6 is 0 Å². The Morgan fingerprint density at radius 2 is 1.80 bits per heavy atom. The molecule has 0 aromatic carbocycles. The van der Waals surface area contributed by atoms with Crippen molar-refractivity contribution in [3.8, 4) is 0 Å². The van der Waals surface area contributed by atoms with Gasteiger partial charge in [0.2, 0.25) is 6.29 Å². The zero-order valence-corrected chi connectivity index (χ0v) is 10.6. The van der Waals surface area contributed by atoms with E-state index in [1.807, 2.05) is 13.8 Å². The molecule has 4 nitrogen and oxygen atoms in total. The molecule has 0 bridgehead atoms. The summed E-state index contributed by atoms with van der Waals surface area (Å²) < 4.78 is 5.37. The lowest BCUT2D eigenvalue weighted by molar-refractivity contribution is -0.245. The molecule has 1 saturated heterocycles. The molecule has 0 saturated carbocycles. The zero-order chi connectivity index (χ0) is 11.7.